The third kappa shape index (κ3) is 3.32. The molecule has 1 fully saturated rings. The molecule has 1 amide bonds. The van der Waals surface area contributed by atoms with Gasteiger partial charge in [0.2, 0.25) is 10.0 Å². The minimum absolute atomic E-state index is 0.0954. The Balaban J connectivity index is 1.83. The highest BCUT2D eigenvalue weighted by molar-refractivity contribution is 7.89. The summed E-state index contributed by atoms with van der Waals surface area (Å²) in [5, 5.41) is 2.64. The van der Waals surface area contributed by atoms with Crippen molar-refractivity contribution in [2.24, 2.45) is 7.05 Å². The smallest absolute Gasteiger partial charge is 0.273 e. The molecule has 2 aromatic heterocycles. The van der Waals surface area contributed by atoms with Gasteiger partial charge in [-0.05, 0) is 18.2 Å². The highest BCUT2D eigenvalue weighted by Gasteiger charge is 2.28. The third-order valence-corrected chi connectivity index (χ3v) is 5.59. The Kier molecular flexibility index (Phi) is 4.65. The van der Waals surface area contributed by atoms with Crippen LogP contribution in [0, 0.1) is 0 Å². The number of anilines is 1. The van der Waals surface area contributed by atoms with Crippen LogP contribution in [0.4, 0.5) is 5.82 Å². The average molecular weight is 350 g/mol. The standard InChI is InChI=1S/C15H18N4O4S/c1-18-11-12(24(21,22)19-6-8-23-9-7-19)10-13(18)15(20)17-14-4-2-3-5-16-14/h2-5,10-11H,6-9H2,1H3,(H,16,17,20). The van der Waals surface area contributed by atoms with E-state index in [-0.39, 0.29) is 10.6 Å². The van der Waals surface area contributed by atoms with Crippen LogP contribution in [0.2, 0.25) is 0 Å². The van der Waals surface area contributed by atoms with Gasteiger partial charge in [-0.3, -0.25) is 4.79 Å². The molecule has 2 aromatic rings. The Morgan fingerprint density at radius 2 is 2.04 bits per heavy atom. The molecule has 1 aliphatic rings. The lowest BCUT2D eigenvalue weighted by atomic mass is 10.4. The number of nitrogens with one attached hydrogen (secondary N) is 1. The Bertz CT molecular complexity index is 826. The molecule has 0 atom stereocenters. The van der Waals surface area contributed by atoms with E-state index in [0.29, 0.717) is 32.1 Å². The molecule has 1 saturated heterocycles. The van der Waals surface area contributed by atoms with Crippen molar-refractivity contribution in [1.29, 1.82) is 0 Å². The van der Waals surface area contributed by atoms with Crippen molar-refractivity contribution in [2.75, 3.05) is 31.6 Å². The lowest BCUT2D eigenvalue weighted by Gasteiger charge is -2.25. The molecule has 0 aliphatic carbocycles. The summed E-state index contributed by atoms with van der Waals surface area (Å²) >= 11 is 0. The fourth-order valence-electron chi connectivity index (χ4n) is 2.45. The quantitative estimate of drug-likeness (QED) is 0.876. The van der Waals surface area contributed by atoms with Crippen LogP contribution in [0.1, 0.15) is 10.5 Å². The third-order valence-electron chi connectivity index (χ3n) is 3.73. The summed E-state index contributed by atoms with van der Waals surface area (Å²) in [6, 6.07) is 6.53. The number of sulfonamides is 1. The van der Waals surface area contributed by atoms with Gasteiger partial charge in [-0.15, -0.1) is 0 Å². The number of morpholine rings is 1. The molecule has 9 heteroatoms. The number of amides is 1. The van der Waals surface area contributed by atoms with Crippen LogP contribution in [-0.2, 0) is 21.8 Å². The van der Waals surface area contributed by atoms with Crippen LogP contribution < -0.4 is 5.32 Å². The zero-order valence-corrected chi connectivity index (χ0v) is 14.0. The first kappa shape index (κ1) is 16.6. The highest BCUT2D eigenvalue weighted by atomic mass is 32.2. The first-order chi connectivity index (χ1) is 11.5. The molecule has 1 N–H and O–H groups in total. The molecule has 0 bridgehead atoms. The lowest BCUT2D eigenvalue weighted by Crippen LogP contribution is -2.40. The zero-order chi connectivity index (χ0) is 17.2. The minimum Gasteiger partial charge on any atom is -0.379 e. The van der Waals surface area contributed by atoms with Gasteiger partial charge in [0.15, 0.2) is 0 Å². The molecule has 3 heterocycles. The van der Waals surface area contributed by atoms with Crippen molar-refractivity contribution >= 4 is 21.7 Å². The summed E-state index contributed by atoms with van der Waals surface area (Å²) < 4.78 is 33.3. The molecule has 0 aromatic carbocycles. The van der Waals surface area contributed by atoms with Crippen LogP contribution in [0.3, 0.4) is 0 Å². The second-order valence-electron chi connectivity index (χ2n) is 5.36. The summed E-state index contributed by atoms with van der Waals surface area (Å²) in [6.45, 7) is 1.37. The van der Waals surface area contributed by atoms with E-state index in [2.05, 4.69) is 10.3 Å². The Morgan fingerprint density at radius 1 is 1.29 bits per heavy atom. The molecule has 0 radical (unpaired) electrons. The van der Waals surface area contributed by atoms with Gasteiger partial charge in [0, 0.05) is 32.5 Å². The van der Waals surface area contributed by atoms with Crippen LogP contribution in [0.5, 0.6) is 0 Å². The van der Waals surface area contributed by atoms with Crippen molar-refractivity contribution in [2.45, 2.75) is 4.90 Å². The van der Waals surface area contributed by atoms with Crippen molar-refractivity contribution < 1.29 is 17.9 Å². The molecule has 0 unspecified atom stereocenters. The van der Waals surface area contributed by atoms with Gasteiger partial charge in [0.05, 0.1) is 13.2 Å². The molecule has 128 valence electrons. The van der Waals surface area contributed by atoms with Crippen molar-refractivity contribution in [3.63, 3.8) is 0 Å². The van der Waals surface area contributed by atoms with Gasteiger partial charge in [0.1, 0.15) is 16.4 Å². The number of ether oxygens (including phenoxy) is 1. The van der Waals surface area contributed by atoms with Gasteiger partial charge < -0.3 is 14.6 Å². The van der Waals surface area contributed by atoms with Crippen LogP contribution >= 0.6 is 0 Å². The van der Waals surface area contributed by atoms with Crippen LogP contribution in [-0.4, -0.2) is 54.5 Å². The van der Waals surface area contributed by atoms with Crippen molar-refractivity contribution in [3.8, 4) is 0 Å². The normalized spacial score (nSPS) is 16.0. The highest BCUT2D eigenvalue weighted by Crippen LogP contribution is 2.20. The predicted octanol–water partition coefficient (Wildman–Crippen LogP) is 0.693. The van der Waals surface area contributed by atoms with Gasteiger partial charge in [-0.1, -0.05) is 6.07 Å². The number of hydrogen-bond donors (Lipinski definition) is 1. The van der Waals surface area contributed by atoms with Gasteiger partial charge >= 0.3 is 0 Å². The number of carbonyl (C=O) groups excluding carboxylic acids is 1. The summed E-state index contributed by atoms with van der Waals surface area (Å²) in [7, 11) is -2.00. The number of aryl methyl sites for hydroxylation is 1. The van der Waals surface area contributed by atoms with Crippen LogP contribution in [0.15, 0.2) is 41.6 Å². The maximum atomic E-state index is 12.6. The van der Waals surface area contributed by atoms with E-state index in [0.717, 1.165) is 0 Å². The minimum atomic E-state index is -3.63. The van der Waals surface area contributed by atoms with Crippen molar-refractivity contribution in [1.82, 2.24) is 13.9 Å². The number of nitrogens with zero attached hydrogens (tertiary/aromatic N) is 3. The van der Waals surface area contributed by atoms with Crippen LogP contribution in [0.25, 0.3) is 0 Å². The van der Waals surface area contributed by atoms with E-state index in [1.165, 1.54) is 21.1 Å². The first-order valence-electron chi connectivity index (χ1n) is 7.45. The van der Waals surface area contributed by atoms with E-state index in [1.807, 2.05) is 0 Å². The fraction of sp³-hybridized carbons (Fsp3) is 0.333. The number of aromatic nitrogens is 2. The number of rotatable bonds is 4. The van der Waals surface area contributed by atoms with Gasteiger partial charge in [-0.25, -0.2) is 13.4 Å². The SMILES string of the molecule is Cn1cc(S(=O)(=O)N2CCOCC2)cc1C(=O)Nc1ccccn1. The van der Waals surface area contributed by atoms with Gasteiger partial charge in [-0.2, -0.15) is 4.31 Å². The summed E-state index contributed by atoms with van der Waals surface area (Å²) in [5.74, 6) is -0.0130. The second-order valence-corrected chi connectivity index (χ2v) is 7.30. The predicted molar refractivity (Wildman–Crippen MR) is 87.2 cm³/mol. The maximum Gasteiger partial charge on any atom is 0.273 e. The van der Waals surface area contributed by atoms with E-state index in [4.69, 9.17) is 4.74 Å². The second kappa shape index (κ2) is 6.71. The Morgan fingerprint density at radius 3 is 2.71 bits per heavy atom. The zero-order valence-electron chi connectivity index (χ0n) is 13.2. The monoisotopic (exact) mass is 350 g/mol. The summed E-state index contributed by atoms with van der Waals surface area (Å²) in [6.07, 6.45) is 3.01. The van der Waals surface area contributed by atoms with E-state index < -0.39 is 15.9 Å². The lowest BCUT2D eigenvalue weighted by molar-refractivity contribution is 0.0730. The fourth-order valence-corrected chi connectivity index (χ4v) is 3.93. The molecule has 3 rings (SSSR count). The number of pyridine rings is 1. The maximum absolute atomic E-state index is 12.6. The molecule has 8 nitrogen and oxygen atoms in total. The molecular formula is C15H18N4O4S. The average Bonchev–Trinajstić information content (AvgIpc) is 2.99. The van der Waals surface area contributed by atoms with E-state index in [1.54, 1.807) is 31.4 Å². The summed E-state index contributed by atoms with van der Waals surface area (Å²) in [5.41, 5.74) is 0.243. The molecule has 0 saturated carbocycles. The van der Waals surface area contributed by atoms with E-state index in [9.17, 15) is 13.2 Å². The summed E-state index contributed by atoms with van der Waals surface area (Å²) in [4.78, 5) is 16.5. The molecule has 24 heavy (non-hydrogen) atoms. The largest absolute Gasteiger partial charge is 0.379 e. The Labute approximate surface area is 140 Å². The molecular weight excluding hydrogens is 332 g/mol. The molecule has 0 spiro atoms. The van der Waals surface area contributed by atoms with Gasteiger partial charge in [0.25, 0.3) is 5.91 Å². The molecule has 1 aliphatic heterocycles. The topological polar surface area (TPSA) is 93.5 Å². The first-order valence-corrected chi connectivity index (χ1v) is 8.89. The van der Waals surface area contributed by atoms with E-state index >= 15 is 0 Å². The number of carbonyl (C=O) groups is 1. The Hall–Kier alpha value is -2.23. The number of hydrogen-bond acceptors (Lipinski definition) is 5. The van der Waals surface area contributed by atoms with Crippen molar-refractivity contribution in [3.05, 3.63) is 42.4 Å².